The molecule has 2 aromatic rings. The Bertz CT molecular complexity index is 609. The summed E-state index contributed by atoms with van der Waals surface area (Å²) in [5, 5.41) is 0. The molecule has 0 saturated heterocycles. The van der Waals surface area contributed by atoms with Crippen LogP contribution in [0.15, 0.2) is 27.4 Å². The Hall–Kier alpha value is -1.36. The van der Waals surface area contributed by atoms with E-state index in [2.05, 4.69) is 15.9 Å². The van der Waals surface area contributed by atoms with Gasteiger partial charge in [-0.15, -0.1) is 0 Å². The lowest BCUT2D eigenvalue weighted by Crippen LogP contribution is -2.09. The summed E-state index contributed by atoms with van der Waals surface area (Å²) in [6, 6.07) is 5.00. The van der Waals surface area contributed by atoms with Crippen molar-refractivity contribution >= 4 is 32.8 Å². The Balaban J connectivity index is 2.61. The van der Waals surface area contributed by atoms with E-state index in [0.717, 1.165) is 0 Å². The van der Waals surface area contributed by atoms with Crippen molar-refractivity contribution in [3.05, 3.63) is 34.3 Å². The van der Waals surface area contributed by atoms with Crippen molar-refractivity contribution in [3.8, 4) is 0 Å². The van der Waals surface area contributed by atoms with Crippen LogP contribution in [0.3, 0.4) is 0 Å². The van der Waals surface area contributed by atoms with Crippen LogP contribution in [0, 0.1) is 0 Å². The summed E-state index contributed by atoms with van der Waals surface area (Å²) in [5.74, 6) is -0.458. The van der Waals surface area contributed by atoms with Gasteiger partial charge in [-0.1, -0.05) is 15.9 Å². The maximum atomic E-state index is 11.7. The molecule has 0 aliphatic heterocycles. The van der Waals surface area contributed by atoms with Gasteiger partial charge in [-0.25, -0.2) is 4.79 Å². The van der Waals surface area contributed by atoms with Gasteiger partial charge in [0.2, 0.25) is 0 Å². The highest BCUT2D eigenvalue weighted by Gasteiger charge is 2.14. The first-order valence-electron chi connectivity index (χ1n) is 4.78. The lowest BCUT2D eigenvalue weighted by molar-refractivity contribution is 0.0996. The molecule has 0 bridgehead atoms. The molecule has 0 aliphatic carbocycles. The number of aryl methyl sites for hydroxylation is 1. The molecule has 0 fully saturated rings. The van der Waals surface area contributed by atoms with Crippen molar-refractivity contribution in [2.75, 3.05) is 0 Å². The van der Waals surface area contributed by atoms with E-state index in [1.807, 2.05) is 0 Å². The van der Waals surface area contributed by atoms with Gasteiger partial charge in [0.25, 0.3) is 0 Å². The molecule has 1 atom stereocenters. The molecule has 1 aromatic carbocycles. The van der Waals surface area contributed by atoms with Gasteiger partial charge in [0.1, 0.15) is 0 Å². The van der Waals surface area contributed by atoms with E-state index in [1.54, 1.807) is 32.2 Å². The zero-order valence-corrected chi connectivity index (χ0v) is 10.4. The second kappa shape index (κ2) is 3.90. The molecule has 0 N–H and O–H groups in total. The smallest absolute Gasteiger partial charge is 0.408 e. The fourth-order valence-corrected chi connectivity index (χ4v) is 1.78. The summed E-state index contributed by atoms with van der Waals surface area (Å²) in [7, 11) is 1.63. The Morgan fingerprint density at radius 3 is 2.81 bits per heavy atom. The number of nitrogens with zero attached hydrogens (tertiary/aromatic N) is 1. The molecular weight excluding hydrogens is 274 g/mol. The molecule has 0 aliphatic rings. The molecule has 1 heterocycles. The molecule has 2 rings (SSSR count). The van der Waals surface area contributed by atoms with Crippen LogP contribution in [0.2, 0.25) is 0 Å². The standard InChI is InChI=1S/C11H10BrNO3/c1-6(12)10(14)7-3-4-8-9(5-7)16-11(15)13(8)2/h3-6H,1-2H3. The summed E-state index contributed by atoms with van der Waals surface area (Å²) in [5.41, 5.74) is 1.65. The van der Waals surface area contributed by atoms with Crippen molar-refractivity contribution in [3.63, 3.8) is 0 Å². The van der Waals surface area contributed by atoms with Crippen LogP contribution in [0.4, 0.5) is 0 Å². The van der Waals surface area contributed by atoms with Crippen LogP contribution in [0.5, 0.6) is 0 Å². The minimum Gasteiger partial charge on any atom is -0.408 e. The average Bonchev–Trinajstić information content (AvgIpc) is 2.53. The third kappa shape index (κ3) is 1.71. The number of benzene rings is 1. The summed E-state index contributed by atoms with van der Waals surface area (Å²) >= 11 is 3.21. The monoisotopic (exact) mass is 283 g/mol. The number of hydrogen-bond donors (Lipinski definition) is 0. The molecule has 84 valence electrons. The van der Waals surface area contributed by atoms with Crippen LogP contribution in [0.1, 0.15) is 17.3 Å². The van der Waals surface area contributed by atoms with Crippen molar-refractivity contribution in [1.82, 2.24) is 4.57 Å². The summed E-state index contributed by atoms with van der Waals surface area (Å²) < 4.78 is 6.41. The number of rotatable bonds is 2. The molecule has 5 heteroatoms. The first-order valence-corrected chi connectivity index (χ1v) is 5.70. The van der Waals surface area contributed by atoms with Gasteiger partial charge in [-0.05, 0) is 25.1 Å². The largest absolute Gasteiger partial charge is 0.419 e. The van der Waals surface area contributed by atoms with E-state index in [4.69, 9.17) is 4.42 Å². The lowest BCUT2D eigenvalue weighted by Gasteiger charge is -2.02. The van der Waals surface area contributed by atoms with Gasteiger partial charge in [0, 0.05) is 12.6 Å². The number of ketones is 1. The zero-order valence-electron chi connectivity index (χ0n) is 8.86. The van der Waals surface area contributed by atoms with Gasteiger partial charge in [-0.3, -0.25) is 9.36 Å². The number of halogens is 1. The fraction of sp³-hybridized carbons (Fsp3) is 0.273. The van der Waals surface area contributed by atoms with Crippen molar-refractivity contribution in [2.24, 2.45) is 7.05 Å². The zero-order chi connectivity index (χ0) is 11.9. The van der Waals surface area contributed by atoms with E-state index in [-0.39, 0.29) is 10.6 Å². The van der Waals surface area contributed by atoms with E-state index in [0.29, 0.717) is 16.7 Å². The van der Waals surface area contributed by atoms with Gasteiger partial charge >= 0.3 is 5.76 Å². The van der Waals surface area contributed by atoms with E-state index < -0.39 is 5.76 Å². The van der Waals surface area contributed by atoms with Crippen molar-refractivity contribution in [1.29, 1.82) is 0 Å². The van der Waals surface area contributed by atoms with Crippen LogP contribution in [-0.4, -0.2) is 15.2 Å². The van der Waals surface area contributed by atoms with Gasteiger partial charge in [0.15, 0.2) is 11.4 Å². The maximum absolute atomic E-state index is 11.7. The second-order valence-electron chi connectivity index (χ2n) is 3.59. The number of oxazole rings is 1. The highest BCUT2D eigenvalue weighted by molar-refractivity contribution is 9.10. The van der Waals surface area contributed by atoms with Crippen molar-refractivity contribution in [2.45, 2.75) is 11.8 Å². The summed E-state index contributed by atoms with van der Waals surface area (Å²) in [4.78, 5) is 22.7. The number of aromatic nitrogens is 1. The summed E-state index contributed by atoms with van der Waals surface area (Å²) in [6.07, 6.45) is 0. The predicted molar refractivity (Wildman–Crippen MR) is 64.2 cm³/mol. The van der Waals surface area contributed by atoms with Crippen LogP contribution < -0.4 is 5.76 Å². The fourth-order valence-electron chi connectivity index (χ4n) is 1.52. The molecule has 0 radical (unpaired) electrons. The SMILES string of the molecule is CC(Br)C(=O)c1ccc2c(c1)oc(=O)n2C. The molecule has 1 unspecified atom stereocenters. The quantitative estimate of drug-likeness (QED) is 0.627. The molecule has 0 spiro atoms. The summed E-state index contributed by atoms with van der Waals surface area (Å²) in [6.45, 7) is 1.76. The molecular formula is C11H10BrNO3. The minimum atomic E-state index is -0.425. The number of hydrogen-bond acceptors (Lipinski definition) is 3. The second-order valence-corrected chi connectivity index (χ2v) is 4.96. The third-order valence-electron chi connectivity index (χ3n) is 2.44. The van der Waals surface area contributed by atoms with Crippen LogP contribution in [-0.2, 0) is 7.05 Å². The number of alkyl halides is 1. The van der Waals surface area contributed by atoms with Gasteiger partial charge in [0.05, 0.1) is 10.3 Å². The molecule has 1 aromatic heterocycles. The average molecular weight is 284 g/mol. The highest BCUT2D eigenvalue weighted by Crippen LogP contribution is 2.17. The number of carbonyl (C=O) groups is 1. The Labute approximate surface area is 100.0 Å². The predicted octanol–water partition coefficient (Wildman–Crippen LogP) is 2.10. The van der Waals surface area contributed by atoms with Gasteiger partial charge in [-0.2, -0.15) is 0 Å². The number of fused-ring (bicyclic) bond motifs is 1. The molecule has 0 saturated carbocycles. The first kappa shape index (κ1) is 11.1. The van der Waals surface area contributed by atoms with E-state index in [9.17, 15) is 9.59 Å². The number of Topliss-reactive ketones (excluding diaryl/α,β-unsaturated/α-hetero) is 1. The maximum Gasteiger partial charge on any atom is 0.419 e. The Kier molecular flexibility index (Phi) is 2.71. The third-order valence-corrected chi connectivity index (χ3v) is 2.85. The van der Waals surface area contributed by atoms with Crippen LogP contribution in [0.25, 0.3) is 11.1 Å². The van der Waals surface area contributed by atoms with E-state index >= 15 is 0 Å². The molecule has 16 heavy (non-hydrogen) atoms. The lowest BCUT2D eigenvalue weighted by atomic mass is 10.1. The molecule has 0 amide bonds. The Morgan fingerprint density at radius 2 is 2.19 bits per heavy atom. The number of carbonyl (C=O) groups excluding carboxylic acids is 1. The first-order chi connectivity index (χ1) is 7.50. The highest BCUT2D eigenvalue weighted by atomic mass is 79.9. The van der Waals surface area contributed by atoms with E-state index in [1.165, 1.54) is 4.57 Å². The molecule has 4 nitrogen and oxygen atoms in total. The minimum absolute atomic E-state index is 0.0339. The topological polar surface area (TPSA) is 52.2 Å². The van der Waals surface area contributed by atoms with Gasteiger partial charge < -0.3 is 4.42 Å². The van der Waals surface area contributed by atoms with Crippen molar-refractivity contribution < 1.29 is 9.21 Å². The Morgan fingerprint density at radius 1 is 1.50 bits per heavy atom. The normalized spacial score (nSPS) is 12.9. The van der Waals surface area contributed by atoms with Crippen LogP contribution >= 0.6 is 15.9 Å².